The highest BCUT2D eigenvalue weighted by Gasteiger charge is 2.36. The molecule has 3 heteroatoms. The van der Waals surface area contributed by atoms with E-state index >= 15 is 0 Å². The molecule has 0 radical (unpaired) electrons. The Morgan fingerprint density at radius 2 is 1.74 bits per heavy atom. The third kappa shape index (κ3) is 2.86. The minimum atomic E-state index is -0.831. The van der Waals surface area contributed by atoms with Gasteiger partial charge in [0, 0.05) is 11.5 Å². The topological polar surface area (TPSA) is 54.4 Å². The molecular weight excluding hydrogens is 240 g/mol. The number of carboxylic acids is 1. The second kappa shape index (κ2) is 5.55. The van der Waals surface area contributed by atoms with Crippen molar-refractivity contribution >= 4 is 11.8 Å². The van der Waals surface area contributed by atoms with Crippen LogP contribution in [0.5, 0.6) is 0 Å². The zero-order chi connectivity index (χ0) is 14.0. The molecule has 19 heavy (non-hydrogen) atoms. The number of hydrogen-bond acceptors (Lipinski definition) is 2. The Labute approximate surface area is 113 Å². The van der Waals surface area contributed by atoms with E-state index in [1.807, 2.05) is 32.0 Å². The van der Waals surface area contributed by atoms with Crippen molar-refractivity contribution in [2.24, 2.45) is 11.8 Å². The van der Waals surface area contributed by atoms with Crippen LogP contribution in [0.1, 0.15) is 47.2 Å². The van der Waals surface area contributed by atoms with Crippen LogP contribution < -0.4 is 0 Å². The maximum absolute atomic E-state index is 12.6. The number of rotatable bonds is 3. The first-order valence-corrected chi connectivity index (χ1v) is 6.85. The molecule has 0 spiro atoms. The van der Waals surface area contributed by atoms with Crippen molar-refractivity contribution in [1.29, 1.82) is 0 Å². The molecule has 1 saturated carbocycles. The largest absolute Gasteiger partial charge is 0.481 e. The lowest BCUT2D eigenvalue weighted by atomic mass is 9.75. The Hall–Kier alpha value is -1.64. The van der Waals surface area contributed by atoms with E-state index in [0.717, 1.165) is 24.0 Å². The maximum Gasteiger partial charge on any atom is 0.307 e. The number of carbonyl (C=O) groups excluding carboxylic acids is 1. The summed E-state index contributed by atoms with van der Waals surface area (Å²) in [5.41, 5.74) is 2.75. The number of carboxylic acid groups (broad SMARTS) is 1. The summed E-state index contributed by atoms with van der Waals surface area (Å²) < 4.78 is 0. The molecule has 1 aromatic rings. The normalized spacial score (nSPS) is 23.1. The van der Waals surface area contributed by atoms with E-state index in [1.165, 1.54) is 0 Å². The van der Waals surface area contributed by atoms with E-state index in [9.17, 15) is 14.7 Å². The Bertz CT molecular complexity index is 505. The second-order valence-corrected chi connectivity index (χ2v) is 5.52. The van der Waals surface area contributed by atoms with Gasteiger partial charge in [-0.3, -0.25) is 9.59 Å². The molecular formula is C16H20O3. The van der Waals surface area contributed by atoms with Crippen LogP contribution in [0.2, 0.25) is 0 Å². The minimum absolute atomic E-state index is 0.00426. The van der Waals surface area contributed by atoms with Gasteiger partial charge in [0.25, 0.3) is 0 Å². The summed E-state index contributed by atoms with van der Waals surface area (Å²) >= 11 is 0. The Kier molecular flexibility index (Phi) is 4.03. The van der Waals surface area contributed by atoms with Crippen LogP contribution in [0.15, 0.2) is 18.2 Å². The monoisotopic (exact) mass is 260 g/mol. The summed E-state index contributed by atoms with van der Waals surface area (Å²) in [6.45, 7) is 3.90. The fraction of sp³-hybridized carbons (Fsp3) is 0.500. The van der Waals surface area contributed by atoms with Crippen LogP contribution in [-0.2, 0) is 4.79 Å². The molecule has 2 atom stereocenters. The average molecular weight is 260 g/mol. The van der Waals surface area contributed by atoms with Crippen LogP contribution in [0, 0.1) is 25.7 Å². The molecule has 0 aromatic heterocycles. The lowest BCUT2D eigenvalue weighted by molar-refractivity contribution is -0.144. The molecule has 0 saturated heterocycles. The van der Waals surface area contributed by atoms with E-state index in [-0.39, 0.29) is 11.7 Å². The van der Waals surface area contributed by atoms with Crippen molar-refractivity contribution in [1.82, 2.24) is 0 Å². The zero-order valence-electron chi connectivity index (χ0n) is 11.5. The van der Waals surface area contributed by atoms with Gasteiger partial charge in [0.1, 0.15) is 0 Å². The predicted octanol–water partition coefficient (Wildman–Crippen LogP) is 3.38. The summed E-state index contributed by atoms with van der Waals surface area (Å²) in [6, 6.07) is 5.73. The molecule has 3 nitrogen and oxygen atoms in total. The highest BCUT2D eigenvalue weighted by atomic mass is 16.4. The van der Waals surface area contributed by atoms with Gasteiger partial charge in [0.2, 0.25) is 0 Å². The van der Waals surface area contributed by atoms with Crippen molar-refractivity contribution in [2.45, 2.75) is 39.5 Å². The number of Topliss-reactive ketones (excluding diaryl/α,β-unsaturated/α-hetero) is 1. The van der Waals surface area contributed by atoms with E-state index in [1.54, 1.807) is 0 Å². The van der Waals surface area contributed by atoms with E-state index in [2.05, 4.69) is 0 Å². The first kappa shape index (κ1) is 13.8. The molecule has 102 valence electrons. The number of carbonyl (C=O) groups is 2. The number of aryl methyl sites for hydroxylation is 2. The molecule has 0 heterocycles. The fourth-order valence-electron chi connectivity index (χ4n) is 3.03. The number of benzene rings is 1. The molecule has 1 aliphatic rings. The lowest BCUT2D eigenvalue weighted by Crippen LogP contribution is -2.33. The van der Waals surface area contributed by atoms with E-state index in [4.69, 9.17) is 0 Å². The van der Waals surface area contributed by atoms with Crippen LogP contribution >= 0.6 is 0 Å². The van der Waals surface area contributed by atoms with Crippen molar-refractivity contribution in [3.63, 3.8) is 0 Å². The van der Waals surface area contributed by atoms with Gasteiger partial charge < -0.3 is 5.11 Å². The Morgan fingerprint density at radius 1 is 1.11 bits per heavy atom. The quantitative estimate of drug-likeness (QED) is 0.848. The van der Waals surface area contributed by atoms with Crippen LogP contribution in [-0.4, -0.2) is 16.9 Å². The second-order valence-electron chi connectivity index (χ2n) is 5.52. The highest BCUT2D eigenvalue weighted by molar-refractivity contribution is 6.01. The smallest absolute Gasteiger partial charge is 0.307 e. The van der Waals surface area contributed by atoms with Crippen LogP contribution in [0.4, 0.5) is 0 Å². The molecule has 1 aliphatic carbocycles. The van der Waals surface area contributed by atoms with Gasteiger partial charge in [-0.1, -0.05) is 36.6 Å². The molecule has 0 bridgehead atoms. The predicted molar refractivity (Wildman–Crippen MR) is 73.3 cm³/mol. The molecule has 0 unspecified atom stereocenters. The summed E-state index contributed by atoms with van der Waals surface area (Å²) in [4.78, 5) is 23.9. The van der Waals surface area contributed by atoms with Gasteiger partial charge in [0.15, 0.2) is 5.78 Å². The van der Waals surface area contributed by atoms with E-state index < -0.39 is 11.9 Å². The Morgan fingerprint density at radius 3 is 2.32 bits per heavy atom. The van der Waals surface area contributed by atoms with Gasteiger partial charge in [-0.2, -0.15) is 0 Å². The molecule has 1 N–H and O–H groups in total. The van der Waals surface area contributed by atoms with Gasteiger partial charge in [-0.25, -0.2) is 0 Å². The maximum atomic E-state index is 12.6. The lowest BCUT2D eigenvalue weighted by Gasteiger charge is -2.27. The molecule has 0 amide bonds. The third-order valence-electron chi connectivity index (χ3n) is 4.07. The standard InChI is InChI=1S/C16H20O3/c1-10-7-8-12(11(2)9-10)15(17)13-5-3-4-6-14(13)16(18)19/h7-9,13-14H,3-6H2,1-2H3,(H,18,19)/t13-,14-/m1/s1. The van der Waals surface area contributed by atoms with Crippen molar-refractivity contribution < 1.29 is 14.7 Å². The van der Waals surface area contributed by atoms with Gasteiger partial charge >= 0.3 is 5.97 Å². The van der Waals surface area contributed by atoms with Crippen molar-refractivity contribution in [3.05, 3.63) is 34.9 Å². The van der Waals surface area contributed by atoms with Gasteiger partial charge in [0.05, 0.1) is 5.92 Å². The average Bonchev–Trinajstić information content (AvgIpc) is 2.38. The SMILES string of the molecule is Cc1ccc(C(=O)[C@@H]2CCCC[C@H]2C(=O)O)c(C)c1. The van der Waals surface area contributed by atoms with E-state index in [0.29, 0.717) is 18.4 Å². The summed E-state index contributed by atoms with van der Waals surface area (Å²) in [5, 5.41) is 9.27. The van der Waals surface area contributed by atoms with Crippen LogP contribution in [0.3, 0.4) is 0 Å². The molecule has 0 aliphatic heterocycles. The van der Waals surface area contributed by atoms with Crippen LogP contribution in [0.25, 0.3) is 0 Å². The molecule has 1 fully saturated rings. The number of ketones is 1. The van der Waals surface area contributed by atoms with Gasteiger partial charge in [-0.15, -0.1) is 0 Å². The molecule has 2 rings (SSSR count). The highest BCUT2D eigenvalue weighted by Crippen LogP contribution is 2.33. The number of hydrogen-bond donors (Lipinski definition) is 1. The van der Waals surface area contributed by atoms with Crippen molar-refractivity contribution in [3.8, 4) is 0 Å². The zero-order valence-corrected chi connectivity index (χ0v) is 11.5. The van der Waals surface area contributed by atoms with Crippen molar-refractivity contribution in [2.75, 3.05) is 0 Å². The fourth-order valence-corrected chi connectivity index (χ4v) is 3.03. The van der Waals surface area contributed by atoms with Gasteiger partial charge in [-0.05, 0) is 32.3 Å². The minimum Gasteiger partial charge on any atom is -0.481 e. The Balaban J connectivity index is 2.28. The first-order valence-electron chi connectivity index (χ1n) is 6.85. The molecule has 1 aromatic carbocycles. The summed E-state index contributed by atoms with van der Waals surface area (Å²) in [6.07, 6.45) is 3.18. The summed E-state index contributed by atoms with van der Waals surface area (Å²) in [5.74, 6) is -1.69. The third-order valence-corrected chi connectivity index (χ3v) is 4.07. The number of aliphatic carboxylic acids is 1. The summed E-state index contributed by atoms with van der Waals surface area (Å²) in [7, 11) is 0. The first-order chi connectivity index (χ1) is 9.00.